The summed E-state index contributed by atoms with van der Waals surface area (Å²) in [5.74, 6) is 0.652. The second-order valence-electron chi connectivity index (χ2n) is 4.03. The molecule has 0 bridgehead atoms. The number of hydrogen-bond acceptors (Lipinski definition) is 5. The molecule has 0 saturated heterocycles. The van der Waals surface area contributed by atoms with Gasteiger partial charge in [-0.1, -0.05) is 11.2 Å². The van der Waals surface area contributed by atoms with E-state index in [-0.39, 0.29) is 12.3 Å². The minimum atomic E-state index is -0.0536. The van der Waals surface area contributed by atoms with Gasteiger partial charge in [0.05, 0.1) is 17.0 Å². The number of carbonyl (C=O) groups is 1. The van der Waals surface area contributed by atoms with Crippen molar-refractivity contribution >= 4 is 17.2 Å². The number of thiophene rings is 1. The van der Waals surface area contributed by atoms with Crippen LogP contribution < -0.4 is 5.32 Å². The molecule has 0 radical (unpaired) electrons. The van der Waals surface area contributed by atoms with Crippen molar-refractivity contribution in [1.29, 1.82) is 0 Å². The van der Waals surface area contributed by atoms with E-state index in [2.05, 4.69) is 10.5 Å². The Hall–Kier alpha value is -1.66. The largest absolute Gasteiger partial charge is 0.385 e. The third-order valence-corrected chi connectivity index (χ3v) is 3.40. The fraction of sp³-hybridized carbons (Fsp3) is 0.385. The molecule has 0 aliphatic heterocycles. The number of nitrogens with one attached hydrogen (secondary N) is 1. The second-order valence-corrected chi connectivity index (χ2v) is 4.98. The van der Waals surface area contributed by atoms with Gasteiger partial charge in [0.15, 0.2) is 5.76 Å². The van der Waals surface area contributed by atoms with Crippen molar-refractivity contribution in [3.63, 3.8) is 0 Å². The van der Waals surface area contributed by atoms with Crippen LogP contribution in [0.1, 0.15) is 12.1 Å². The van der Waals surface area contributed by atoms with Crippen molar-refractivity contribution in [2.24, 2.45) is 0 Å². The molecule has 0 aromatic carbocycles. The Bertz CT molecular complexity index is 508. The fourth-order valence-corrected chi connectivity index (χ4v) is 2.27. The third-order valence-electron chi connectivity index (χ3n) is 2.51. The maximum atomic E-state index is 11.6. The van der Waals surface area contributed by atoms with Gasteiger partial charge >= 0.3 is 0 Å². The molecule has 2 aromatic heterocycles. The Labute approximate surface area is 115 Å². The minimum absolute atomic E-state index is 0.0536. The lowest BCUT2D eigenvalue weighted by atomic mass is 10.2. The molecule has 6 heteroatoms. The van der Waals surface area contributed by atoms with Crippen LogP contribution >= 0.6 is 11.3 Å². The van der Waals surface area contributed by atoms with Gasteiger partial charge in [0.1, 0.15) is 0 Å². The molecule has 2 rings (SSSR count). The number of nitrogens with zero attached hydrogens (tertiary/aromatic N) is 1. The van der Waals surface area contributed by atoms with E-state index in [0.717, 1.165) is 11.3 Å². The van der Waals surface area contributed by atoms with Crippen molar-refractivity contribution in [3.05, 3.63) is 29.3 Å². The van der Waals surface area contributed by atoms with E-state index >= 15 is 0 Å². The van der Waals surface area contributed by atoms with Gasteiger partial charge in [0.25, 0.3) is 0 Å². The monoisotopic (exact) mass is 280 g/mol. The van der Waals surface area contributed by atoms with Crippen LogP contribution in [-0.2, 0) is 16.0 Å². The van der Waals surface area contributed by atoms with Gasteiger partial charge in [0.2, 0.25) is 5.91 Å². The number of amides is 1. The SMILES string of the molecule is COCCCNC(=O)Cc1cc(-c2cccs2)on1. The van der Waals surface area contributed by atoms with E-state index in [1.807, 2.05) is 17.5 Å². The van der Waals surface area contributed by atoms with Crippen molar-refractivity contribution in [3.8, 4) is 10.6 Å². The third kappa shape index (κ3) is 4.18. The molecule has 5 nitrogen and oxygen atoms in total. The standard InChI is InChI=1S/C13H16N2O3S/c1-17-6-3-5-14-13(16)9-10-8-11(18-15-10)12-4-2-7-19-12/h2,4,7-8H,3,5-6,9H2,1H3,(H,14,16). The summed E-state index contributed by atoms with van der Waals surface area (Å²) >= 11 is 1.58. The summed E-state index contributed by atoms with van der Waals surface area (Å²) < 4.78 is 10.1. The van der Waals surface area contributed by atoms with E-state index in [0.29, 0.717) is 24.6 Å². The Morgan fingerprint density at radius 2 is 2.47 bits per heavy atom. The van der Waals surface area contributed by atoms with Crippen LogP contribution in [-0.4, -0.2) is 31.3 Å². The molecule has 102 valence electrons. The molecule has 0 unspecified atom stereocenters. The van der Waals surface area contributed by atoms with Crippen molar-refractivity contribution in [1.82, 2.24) is 10.5 Å². The van der Waals surface area contributed by atoms with E-state index < -0.39 is 0 Å². The summed E-state index contributed by atoms with van der Waals surface area (Å²) in [7, 11) is 1.64. The number of aromatic nitrogens is 1. The lowest BCUT2D eigenvalue weighted by Crippen LogP contribution is -2.26. The first-order valence-corrected chi connectivity index (χ1v) is 6.92. The molecule has 0 saturated carbocycles. The molecule has 0 aliphatic carbocycles. The normalized spacial score (nSPS) is 10.6. The first-order chi connectivity index (χ1) is 9.29. The van der Waals surface area contributed by atoms with Crippen LogP contribution in [0.15, 0.2) is 28.1 Å². The molecule has 19 heavy (non-hydrogen) atoms. The lowest BCUT2D eigenvalue weighted by Gasteiger charge is -2.02. The molecule has 0 atom stereocenters. The van der Waals surface area contributed by atoms with E-state index in [1.54, 1.807) is 24.5 Å². The van der Waals surface area contributed by atoms with Gasteiger partial charge in [-0.2, -0.15) is 0 Å². The Morgan fingerprint density at radius 1 is 1.58 bits per heavy atom. The highest BCUT2D eigenvalue weighted by Gasteiger charge is 2.10. The van der Waals surface area contributed by atoms with Crippen LogP contribution in [0.25, 0.3) is 10.6 Å². The summed E-state index contributed by atoms with van der Waals surface area (Å²) in [4.78, 5) is 12.7. The maximum Gasteiger partial charge on any atom is 0.226 e. The van der Waals surface area contributed by atoms with Crippen LogP contribution in [0.5, 0.6) is 0 Å². The average molecular weight is 280 g/mol. The highest BCUT2D eigenvalue weighted by atomic mass is 32.1. The van der Waals surface area contributed by atoms with Crippen molar-refractivity contribution in [2.75, 3.05) is 20.3 Å². The Morgan fingerprint density at radius 3 is 3.21 bits per heavy atom. The van der Waals surface area contributed by atoms with Gasteiger partial charge in [0, 0.05) is 26.3 Å². The molecular formula is C13H16N2O3S. The lowest BCUT2D eigenvalue weighted by molar-refractivity contribution is -0.120. The zero-order valence-corrected chi connectivity index (χ0v) is 11.5. The Kier molecular flexibility index (Phi) is 5.11. The van der Waals surface area contributed by atoms with Crippen molar-refractivity contribution in [2.45, 2.75) is 12.8 Å². The van der Waals surface area contributed by atoms with Crippen LogP contribution in [0.4, 0.5) is 0 Å². The molecule has 0 spiro atoms. The van der Waals surface area contributed by atoms with E-state index in [4.69, 9.17) is 9.26 Å². The van der Waals surface area contributed by atoms with Gasteiger partial charge in [-0.25, -0.2) is 0 Å². The molecule has 0 aliphatic rings. The summed E-state index contributed by atoms with van der Waals surface area (Å²) in [5.41, 5.74) is 0.646. The second kappa shape index (κ2) is 7.06. The number of ether oxygens (including phenoxy) is 1. The zero-order chi connectivity index (χ0) is 13.5. The highest BCUT2D eigenvalue weighted by Crippen LogP contribution is 2.25. The maximum absolute atomic E-state index is 11.6. The summed E-state index contributed by atoms with van der Waals surface area (Å²) in [6.45, 7) is 1.26. The number of carbonyl (C=O) groups excluding carboxylic acids is 1. The van der Waals surface area contributed by atoms with Gasteiger partial charge in [-0.3, -0.25) is 4.79 Å². The van der Waals surface area contributed by atoms with E-state index in [1.165, 1.54) is 0 Å². The number of rotatable bonds is 7. The molecule has 0 fully saturated rings. The zero-order valence-electron chi connectivity index (χ0n) is 10.7. The van der Waals surface area contributed by atoms with Crippen LogP contribution in [0.2, 0.25) is 0 Å². The predicted molar refractivity (Wildman–Crippen MR) is 73.0 cm³/mol. The summed E-state index contributed by atoms with van der Waals surface area (Å²) in [6.07, 6.45) is 1.04. The summed E-state index contributed by atoms with van der Waals surface area (Å²) in [6, 6.07) is 5.71. The summed E-state index contributed by atoms with van der Waals surface area (Å²) in [5, 5.41) is 8.69. The minimum Gasteiger partial charge on any atom is -0.385 e. The Balaban J connectivity index is 1.81. The highest BCUT2D eigenvalue weighted by molar-refractivity contribution is 7.13. The first-order valence-electron chi connectivity index (χ1n) is 6.04. The molecular weight excluding hydrogens is 264 g/mol. The smallest absolute Gasteiger partial charge is 0.226 e. The average Bonchev–Trinajstić information content (AvgIpc) is 3.04. The first kappa shape index (κ1) is 13.8. The molecule has 2 aromatic rings. The quantitative estimate of drug-likeness (QED) is 0.789. The molecule has 2 heterocycles. The number of methoxy groups -OCH3 is 1. The number of hydrogen-bond donors (Lipinski definition) is 1. The molecule has 1 amide bonds. The van der Waals surface area contributed by atoms with Gasteiger partial charge < -0.3 is 14.6 Å². The topological polar surface area (TPSA) is 64.4 Å². The van der Waals surface area contributed by atoms with Crippen LogP contribution in [0, 0.1) is 0 Å². The fourth-order valence-electron chi connectivity index (χ4n) is 1.60. The van der Waals surface area contributed by atoms with Gasteiger partial charge in [-0.15, -0.1) is 11.3 Å². The van der Waals surface area contributed by atoms with Crippen molar-refractivity contribution < 1.29 is 14.1 Å². The van der Waals surface area contributed by atoms with Crippen LogP contribution in [0.3, 0.4) is 0 Å². The van der Waals surface area contributed by atoms with E-state index in [9.17, 15) is 4.79 Å². The molecule has 1 N–H and O–H groups in total. The van der Waals surface area contributed by atoms with Gasteiger partial charge in [-0.05, 0) is 17.9 Å². The predicted octanol–water partition coefficient (Wildman–Crippen LogP) is 2.10.